The standard InChI is InChI=1S/C25H47N7O9S2/c1-4-12(2)18(23(38)30-17(11-43)25(40)41)31-22(37)16(9-33)29-21(36)15(7-5-6-8-26)28-24(39)19(13(3)34)32-20(35)14(27)10-42/h12-19,33-34,42-43H,4-11,26-27H2,1-3H3,(H,28,39)(H,29,36)(H,30,38)(H,31,37)(H,32,35)(H,40,41)/p+2/t12-,13+,14-,15-,16-,17-,18-,19-/m0/s1. The van der Waals surface area contributed by atoms with Crippen molar-refractivity contribution < 1.29 is 55.6 Å². The van der Waals surface area contributed by atoms with Gasteiger partial charge in [0, 0.05) is 5.75 Å². The van der Waals surface area contributed by atoms with Crippen molar-refractivity contribution in [1.29, 1.82) is 0 Å². The van der Waals surface area contributed by atoms with Crippen LogP contribution in [0.4, 0.5) is 0 Å². The highest BCUT2D eigenvalue weighted by Gasteiger charge is 2.35. The Hall–Kier alpha value is -2.64. The maximum Gasteiger partial charge on any atom is 0.327 e. The second-order valence-corrected chi connectivity index (χ2v) is 10.9. The molecule has 14 N–H and O–H groups in total. The van der Waals surface area contributed by atoms with E-state index in [-0.39, 0.29) is 17.9 Å². The molecule has 0 spiro atoms. The van der Waals surface area contributed by atoms with Crippen LogP contribution in [0.25, 0.3) is 0 Å². The fourth-order valence-electron chi connectivity index (χ4n) is 3.68. The van der Waals surface area contributed by atoms with E-state index in [0.717, 1.165) is 0 Å². The summed E-state index contributed by atoms with van der Waals surface area (Å²) in [5, 5.41) is 41.3. The number of unbranched alkanes of at least 4 members (excludes halogenated alkanes) is 1. The molecule has 0 unspecified atom stereocenters. The zero-order valence-corrected chi connectivity index (χ0v) is 26.7. The number of carbonyl (C=O) groups excluding carboxylic acids is 5. The zero-order valence-electron chi connectivity index (χ0n) is 24.9. The van der Waals surface area contributed by atoms with Gasteiger partial charge in [-0.2, -0.15) is 25.3 Å². The lowest BCUT2D eigenvalue weighted by molar-refractivity contribution is -0.396. The van der Waals surface area contributed by atoms with Crippen LogP contribution in [-0.4, -0.2) is 118 Å². The fraction of sp³-hybridized carbons (Fsp3) is 0.760. The number of aliphatic carboxylic acids is 1. The van der Waals surface area contributed by atoms with Gasteiger partial charge in [-0.05, 0) is 32.1 Å². The number of carboxylic acids is 1. The quantitative estimate of drug-likeness (QED) is 0.0415. The number of aliphatic hydroxyl groups excluding tert-OH is 2. The summed E-state index contributed by atoms with van der Waals surface area (Å²) >= 11 is 7.91. The number of carbonyl (C=O) groups is 6. The molecule has 0 rings (SSSR count). The Kier molecular flexibility index (Phi) is 19.8. The maximum absolute atomic E-state index is 13.2. The second-order valence-electron chi connectivity index (χ2n) is 10.2. The van der Waals surface area contributed by atoms with E-state index in [1.54, 1.807) is 13.8 Å². The SMILES string of the molecule is CC[C@H](C)[C@H](NC(=O)[C@H](CO)NC(=O)[C@H](CCCC[NH3+])NC(=O)[C@@H](NC(=O)[C@@H]([NH3+])CS)[C@@H](C)O)C(=O)N[C@@H](CS)C(=O)O. The van der Waals surface area contributed by atoms with Gasteiger partial charge in [0.1, 0.15) is 30.2 Å². The monoisotopic (exact) mass is 655 g/mol. The summed E-state index contributed by atoms with van der Waals surface area (Å²) in [7, 11) is 0. The van der Waals surface area contributed by atoms with Gasteiger partial charge in [0.15, 0.2) is 6.04 Å². The van der Waals surface area contributed by atoms with Gasteiger partial charge < -0.3 is 53.4 Å². The average molecular weight is 656 g/mol. The van der Waals surface area contributed by atoms with Gasteiger partial charge >= 0.3 is 5.97 Å². The topological polar surface area (TPSA) is 279 Å². The molecule has 0 radical (unpaired) electrons. The third-order valence-electron chi connectivity index (χ3n) is 6.69. The molecule has 18 heteroatoms. The molecule has 0 aliphatic carbocycles. The van der Waals surface area contributed by atoms with E-state index in [1.807, 2.05) is 0 Å². The minimum Gasteiger partial charge on any atom is -0.480 e. The summed E-state index contributed by atoms with van der Waals surface area (Å²) in [4.78, 5) is 75.7. The van der Waals surface area contributed by atoms with E-state index in [1.165, 1.54) is 6.92 Å². The molecule has 0 bridgehead atoms. The van der Waals surface area contributed by atoms with Crippen LogP contribution in [0.15, 0.2) is 0 Å². The predicted octanol–water partition coefficient (Wildman–Crippen LogP) is -5.20. The summed E-state index contributed by atoms with van der Waals surface area (Å²) in [6.07, 6.45) is 0.275. The van der Waals surface area contributed by atoms with Gasteiger partial charge in [0.2, 0.25) is 23.6 Å². The smallest absolute Gasteiger partial charge is 0.327 e. The van der Waals surface area contributed by atoms with Crippen LogP contribution >= 0.6 is 25.3 Å². The Morgan fingerprint density at radius 2 is 1.26 bits per heavy atom. The van der Waals surface area contributed by atoms with Crippen molar-refractivity contribution in [3.8, 4) is 0 Å². The van der Waals surface area contributed by atoms with Crippen LogP contribution in [0, 0.1) is 5.92 Å². The summed E-state index contributed by atoms with van der Waals surface area (Å²) in [5.74, 6) is -5.88. The minimum absolute atomic E-state index is 0.0928. The molecule has 248 valence electrons. The van der Waals surface area contributed by atoms with E-state index >= 15 is 0 Å². The van der Waals surface area contributed by atoms with Gasteiger partial charge in [-0.3, -0.25) is 24.0 Å². The van der Waals surface area contributed by atoms with Crippen molar-refractivity contribution in [2.24, 2.45) is 5.92 Å². The van der Waals surface area contributed by atoms with Crippen LogP contribution in [0.1, 0.15) is 46.5 Å². The van der Waals surface area contributed by atoms with E-state index in [2.05, 4.69) is 63.3 Å². The van der Waals surface area contributed by atoms with Crippen LogP contribution < -0.4 is 38.1 Å². The van der Waals surface area contributed by atoms with E-state index in [0.29, 0.717) is 25.8 Å². The Balaban J connectivity index is 5.82. The lowest BCUT2D eigenvalue weighted by Crippen LogP contribution is -2.70. The number of nitrogens with one attached hydrogen (secondary N) is 5. The molecular formula is C25H49N7O9S2+2. The molecule has 0 saturated carbocycles. The van der Waals surface area contributed by atoms with Crippen molar-refractivity contribution in [1.82, 2.24) is 26.6 Å². The molecule has 43 heavy (non-hydrogen) atoms. The first-order valence-electron chi connectivity index (χ1n) is 14.1. The number of thiol groups is 2. The maximum atomic E-state index is 13.2. The van der Waals surface area contributed by atoms with E-state index < -0.39 is 90.4 Å². The summed E-state index contributed by atoms with van der Waals surface area (Å²) in [6.45, 7) is 4.40. The van der Waals surface area contributed by atoms with Gasteiger partial charge in [0.05, 0.1) is 25.0 Å². The first-order valence-corrected chi connectivity index (χ1v) is 15.3. The van der Waals surface area contributed by atoms with Crippen LogP contribution in [0.5, 0.6) is 0 Å². The van der Waals surface area contributed by atoms with Crippen molar-refractivity contribution >= 4 is 60.8 Å². The Morgan fingerprint density at radius 3 is 1.72 bits per heavy atom. The molecular weight excluding hydrogens is 606 g/mol. The molecule has 0 heterocycles. The lowest BCUT2D eigenvalue weighted by atomic mass is 9.97. The number of quaternary nitrogens is 2. The first-order chi connectivity index (χ1) is 20.2. The van der Waals surface area contributed by atoms with Crippen LogP contribution in [0.2, 0.25) is 0 Å². The average Bonchev–Trinajstić information content (AvgIpc) is 2.97. The molecule has 0 aromatic carbocycles. The molecule has 16 nitrogen and oxygen atoms in total. The third kappa shape index (κ3) is 14.1. The van der Waals surface area contributed by atoms with Gasteiger partial charge in [0.25, 0.3) is 5.91 Å². The molecule has 0 aromatic heterocycles. The highest BCUT2D eigenvalue weighted by molar-refractivity contribution is 7.80. The van der Waals surface area contributed by atoms with Crippen molar-refractivity contribution in [3.63, 3.8) is 0 Å². The van der Waals surface area contributed by atoms with Crippen molar-refractivity contribution in [2.45, 2.75) is 88.8 Å². The summed E-state index contributed by atoms with van der Waals surface area (Å²) in [5.41, 5.74) is 7.35. The molecule has 0 saturated heterocycles. The lowest BCUT2D eigenvalue weighted by Gasteiger charge is -2.28. The largest absolute Gasteiger partial charge is 0.480 e. The number of hydrogen-bond acceptors (Lipinski definition) is 10. The van der Waals surface area contributed by atoms with Gasteiger partial charge in [-0.15, -0.1) is 0 Å². The molecule has 0 aliphatic rings. The van der Waals surface area contributed by atoms with Crippen LogP contribution in [0.3, 0.4) is 0 Å². The van der Waals surface area contributed by atoms with E-state index in [4.69, 9.17) is 0 Å². The Labute approximate surface area is 262 Å². The van der Waals surface area contributed by atoms with Gasteiger partial charge in [-0.25, -0.2) is 4.79 Å². The number of carboxylic acid groups (broad SMARTS) is 1. The highest BCUT2D eigenvalue weighted by atomic mass is 32.1. The molecule has 5 amide bonds. The Morgan fingerprint density at radius 1 is 0.744 bits per heavy atom. The third-order valence-corrected chi connectivity index (χ3v) is 7.49. The van der Waals surface area contributed by atoms with Crippen molar-refractivity contribution in [3.05, 3.63) is 0 Å². The molecule has 0 fully saturated rings. The van der Waals surface area contributed by atoms with Gasteiger partial charge in [-0.1, -0.05) is 20.3 Å². The molecule has 0 aliphatic heterocycles. The van der Waals surface area contributed by atoms with Crippen LogP contribution in [-0.2, 0) is 28.8 Å². The molecule has 8 atom stereocenters. The number of rotatable bonds is 21. The predicted molar refractivity (Wildman–Crippen MR) is 161 cm³/mol. The first kappa shape index (κ1) is 40.4. The number of hydrogen-bond donors (Lipinski definition) is 12. The highest BCUT2D eigenvalue weighted by Crippen LogP contribution is 2.10. The van der Waals surface area contributed by atoms with Crippen molar-refractivity contribution in [2.75, 3.05) is 24.7 Å². The minimum atomic E-state index is -1.53. The zero-order chi connectivity index (χ0) is 33.3. The van der Waals surface area contributed by atoms with E-state index in [9.17, 15) is 44.1 Å². The fourth-order valence-corrected chi connectivity index (χ4v) is 4.10. The normalized spacial score (nSPS) is 16.7. The Bertz CT molecular complexity index is 945. The number of aliphatic hydroxyl groups is 2. The second kappa shape index (κ2) is 21.1. The summed E-state index contributed by atoms with van der Waals surface area (Å²) in [6, 6.07) is -7.47. The number of amides is 5. The molecule has 0 aromatic rings. The summed E-state index contributed by atoms with van der Waals surface area (Å²) < 4.78 is 0.